The van der Waals surface area contributed by atoms with Gasteiger partial charge in [-0.15, -0.1) is 0 Å². The summed E-state index contributed by atoms with van der Waals surface area (Å²) in [6.07, 6.45) is 1.92. The van der Waals surface area contributed by atoms with Crippen LogP contribution >= 0.6 is 6.58 Å². The number of rotatable bonds is 4. The van der Waals surface area contributed by atoms with Crippen molar-refractivity contribution in [2.24, 2.45) is 0 Å². The average molecular weight is 170 g/mol. The summed E-state index contributed by atoms with van der Waals surface area (Å²) in [5.41, 5.74) is 0. The molecular weight excluding hydrogens is 158 g/mol. The Labute approximate surface area is 60.8 Å². The Hall–Kier alpha value is 0.540. The lowest BCUT2D eigenvalue weighted by Crippen LogP contribution is -1.86. The van der Waals surface area contributed by atoms with Gasteiger partial charge in [-0.3, -0.25) is 0 Å². The molecule has 0 aliphatic carbocycles. The van der Waals surface area contributed by atoms with Crippen molar-refractivity contribution in [2.45, 2.75) is 19.8 Å². The first-order valence-electron chi connectivity index (χ1n) is 2.98. The average Bonchev–Trinajstić information content (AvgIpc) is 1.63. The molecule has 0 amide bonds. The summed E-state index contributed by atoms with van der Waals surface area (Å²) in [6.45, 7) is 0.985. The van der Waals surface area contributed by atoms with Crippen molar-refractivity contribution in [2.75, 3.05) is 13.3 Å². The van der Waals surface area contributed by atoms with Crippen molar-refractivity contribution in [3.05, 3.63) is 0 Å². The molecule has 0 aromatic rings. The number of halogens is 1. The highest BCUT2D eigenvalue weighted by molar-refractivity contribution is 8.09. The minimum atomic E-state index is -2.86. The predicted molar refractivity (Wildman–Crippen MR) is 42.2 cm³/mol. The molecule has 0 radical (unpaired) electrons. The molecule has 0 saturated heterocycles. The lowest BCUT2D eigenvalue weighted by Gasteiger charge is -2.05. The molecular formula is C5H12FOPS. The zero-order chi connectivity index (χ0) is 7.33. The van der Waals surface area contributed by atoms with Crippen LogP contribution in [-0.2, 0) is 16.3 Å². The second kappa shape index (κ2) is 4.37. The maximum atomic E-state index is 12.4. The molecule has 0 saturated carbocycles. The summed E-state index contributed by atoms with van der Waals surface area (Å²) in [7, 11) is 0. The van der Waals surface area contributed by atoms with Gasteiger partial charge in [-0.1, -0.05) is 13.3 Å². The molecule has 0 spiro atoms. The Morgan fingerprint density at radius 2 is 2.22 bits per heavy atom. The van der Waals surface area contributed by atoms with Gasteiger partial charge in [0.2, 0.25) is 6.58 Å². The third-order valence-corrected chi connectivity index (χ3v) is 1.78. The SMILES string of the molecule is CCCCOP(C)(F)=S. The van der Waals surface area contributed by atoms with Gasteiger partial charge in [0, 0.05) is 6.66 Å². The molecule has 1 atom stereocenters. The third-order valence-electron chi connectivity index (χ3n) is 0.820. The maximum Gasteiger partial charge on any atom is 0.229 e. The van der Waals surface area contributed by atoms with Gasteiger partial charge in [0.25, 0.3) is 0 Å². The van der Waals surface area contributed by atoms with E-state index in [1.54, 1.807) is 0 Å². The standard InChI is InChI=1S/C5H12FOPS/c1-3-4-5-7-8(2,6)9/h3-5H2,1-2H3. The van der Waals surface area contributed by atoms with Crippen LogP contribution in [0.25, 0.3) is 0 Å². The molecule has 0 aromatic carbocycles. The smallest absolute Gasteiger partial charge is 0.229 e. The van der Waals surface area contributed by atoms with E-state index in [1.165, 1.54) is 6.66 Å². The molecule has 0 bridgehead atoms. The van der Waals surface area contributed by atoms with Gasteiger partial charge in [0.1, 0.15) is 0 Å². The highest BCUT2D eigenvalue weighted by Gasteiger charge is 2.04. The largest absolute Gasteiger partial charge is 0.326 e. The second-order valence-corrected chi connectivity index (χ2v) is 5.64. The van der Waals surface area contributed by atoms with E-state index in [9.17, 15) is 4.20 Å². The van der Waals surface area contributed by atoms with Crippen LogP contribution in [0.2, 0.25) is 0 Å². The van der Waals surface area contributed by atoms with Crippen molar-refractivity contribution in [1.82, 2.24) is 0 Å². The molecule has 4 heteroatoms. The number of hydrogen-bond donors (Lipinski definition) is 0. The molecule has 56 valence electrons. The molecule has 9 heavy (non-hydrogen) atoms. The van der Waals surface area contributed by atoms with E-state index in [2.05, 4.69) is 11.8 Å². The molecule has 0 N–H and O–H groups in total. The number of unbranched alkanes of at least 4 members (excludes halogenated alkanes) is 1. The zero-order valence-corrected chi connectivity index (χ0v) is 7.47. The first-order valence-corrected chi connectivity index (χ1v) is 6.04. The van der Waals surface area contributed by atoms with Gasteiger partial charge in [0.05, 0.1) is 6.61 Å². The Kier molecular flexibility index (Phi) is 4.63. The zero-order valence-electron chi connectivity index (χ0n) is 5.76. The molecule has 0 heterocycles. The summed E-state index contributed by atoms with van der Waals surface area (Å²) < 4.78 is 17.1. The van der Waals surface area contributed by atoms with Crippen molar-refractivity contribution in [1.29, 1.82) is 0 Å². The van der Waals surface area contributed by atoms with E-state index in [4.69, 9.17) is 4.52 Å². The van der Waals surface area contributed by atoms with E-state index in [-0.39, 0.29) is 0 Å². The van der Waals surface area contributed by atoms with Gasteiger partial charge in [-0.2, -0.15) is 4.20 Å². The van der Waals surface area contributed by atoms with Gasteiger partial charge in [-0.25, -0.2) is 0 Å². The van der Waals surface area contributed by atoms with Crippen LogP contribution in [0.5, 0.6) is 0 Å². The minimum absolute atomic E-state index is 0.473. The molecule has 0 rings (SSSR count). The lowest BCUT2D eigenvalue weighted by molar-refractivity contribution is 0.325. The van der Waals surface area contributed by atoms with E-state index in [0.29, 0.717) is 6.61 Å². The highest BCUT2D eigenvalue weighted by Crippen LogP contribution is 2.44. The second-order valence-electron chi connectivity index (χ2n) is 1.93. The number of hydrogen-bond acceptors (Lipinski definition) is 2. The van der Waals surface area contributed by atoms with Crippen LogP contribution in [0, 0.1) is 0 Å². The van der Waals surface area contributed by atoms with Gasteiger partial charge >= 0.3 is 0 Å². The highest BCUT2D eigenvalue weighted by atomic mass is 32.5. The topological polar surface area (TPSA) is 9.23 Å². The van der Waals surface area contributed by atoms with Crippen LogP contribution in [-0.4, -0.2) is 13.3 Å². The van der Waals surface area contributed by atoms with Crippen molar-refractivity contribution in [3.63, 3.8) is 0 Å². The summed E-state index contributed by atoms with van der Waals surface area (Å²) in [5.74, 6) is 0. The molecule has 0 aliphatic heterocycles. The maximum absolute atomic E-state index is 12.4. The molecule has 1 unspecified atom stereocenters. The Bertz CT molecular complexity index is 112. The monoisotopic (exact) mass is 170 g/mol. The van der Waals surface area contributed by atoms with Crippen LogP contribution in [0.1, 0.15) is 19.8 Å². The van der Waals surface area contributed by atoms with E-state index in [1.807, 2.05) is 6.92 Å². The summed E-state index contributed by atoms with van der Waals surface area (Å²) in [6, 6.07) is 0. The first kappa shape index (κ1) is 9.54. The lowest BCUT2D eigenvalue weighted by atomic mass is 10.4. The Balaban J connectivity index is 3.18. The van der Waals surface area contributed by atoms with Crippen LogP contribution < -0.4 is 0 Å². The van der Waals surface area contributed by atoms with Crippen molar-refractivity contribution < 1.29 is 8.72 Å². The summed E-state index contributed by atoms with van der Waals surface area (Å²) in [5, 5.41) is 0. The quantitative estimate of drug-likeness (QED) is 0.474. The normalized spacial score (nSPS) is 17.2. The van der Waals surface area contributed by atoms with Gasteiger partial charge in [0.15, 0.2) is 0 Å². The van der Waals surface area contributed by atoms with Crippen molar-refractivity contribution >= 4 is 18.4 Å². The summed E-state index contributed by atoms with van der Waals surface area (Å²) >= 11 is 4.42. The Morgan fingerprint density at radius 3 is 2.56 bits per heavy atom. The fourth-order valence-electron chi connectivity index (χ4n) is 0.372. The Morgan fingerprint density at radius 1 is 1.67 bits per heavy atom. The van der Waals surface area contributed by atoms with E-state index >= 15 is 0 Å². The minimum Gasteiger partial charge on any atom is -0.326 e. The molecule has 0 aromatic heterocycles. The first-order chi connectivity index (χ1) is 4.06. The fraction of sp³-hybridized carbons (Fsp3) is 1.00. The molecule has 0 fully saturated rings. The van der Waals surface area contributed by atoms with Crippen LogP contribution in [0.4, 0.5) is 4.20 Å². The predicted octanol–water partition coefficient (Wildman–Crippen LogP) is 2.71. The van der Waals surface area contributed by atoms with Crippen LogP contribution in [0.15, 0.2) is 0 Å². The third kappa shape index (κ3) is 8.54. The van der Waals surface area contributed by atoms with E-state index < -0.39 is 6.58 Å². The van der Waals surface area contributed by atoms with Gasteiger partial charge < -0.3 is 4.52 Å². The molecule has 1 nitrogen and oxygen atoms in total. The molecule has 0 aliphatic rings. The van der Waals surface area contributed by atoms with E-state index in [0.717, 1.165) is 12.8 Å². The fourth-order valence-corrected chi connectivity index (χ4v) is 1.05. The van der Waals surface area contributed by atoms with Crippen molar-refractivity contribution in [3.8, 4) is 0 Å². The van der Waals surface area contributed by atoms with Gasteiger partial charge in [-0.05, 0) is 18.2 Å². The van der Waals surface area contributed by atoms with Crippen LogP contribution in [0.3, 0.4) is 0 Å². The summed E-state index contributed by atoms with van der Waals surface area (Å²) in [4.78, 5) is 0.